The third-order valence-electron chi connectivity index (χ3n) is 6.38. The number of piperazine rings is 1. The highest BCUT2D eigenvalue weighted by molar-refractivity contribution is 6.00. The van der Waals surface area contributed by atoms with Gasteiger partial charge in [0, 0.05) is 37.1 Å². The van der Waals surface area contributed by atoms with E-state index >= 15 is 0 Å². The lowest BCUT2D eigenvalue weighted by Gasteiger charge is -2.33. The van der Waals surface area contributed by atoms with Crippen LogP contribution in [0.25, 0.3) is 21.7 Å². The number of carbonyl (C=O) groups excluding carboxylic acids is 1. The number of nitrogens with two attached hydrogens (primary N) is 1. The zero-order valence-corrected chi connectivity index (χ0v) is 19.0. The van der Waals surface area contributed by atoms with Crippen LogP contribution in [0.1, 0.15) is 28.9 Å². The van der Waals surface area contributed by atoms with E-state index in [0.717, 1.165) is 48.3 Å². The molecule has 1 amide bonds. The first kappa shape index (κ1) is 21.2. The Kier molecular flexibility index (Phi) is 5.56. The van der Waals surface area contributed by atoms with Crippen molar-refractivity contribution >= 4 is 39.3 Å². The van der Waals surface area contributed by atoms with Crippen LogP contribution in [0.5, 0.6) is 0 Å². The van der Waals surface area contributed by atoms with Crippen LogP contribution in [0.3, 0.4) is 0 Å². The van der Waals surface area contributed by atoms with Crippen molar-refractivity contribution in [3.05, 3.63) is 71.8 Å². The van der Waals surface area contributed by atoms with Crippen molar-refractivity contribution in [1.29, 1.82) is 0 Å². The number of nitrogens with one attached hydrogen (secondary N) is 1. The molecule has 1 fully saturated rings. The van der Waals surface area contributed by atoms with Crippen LogP contribution in [0.2, 0.25) is 0 Å². The molecule has 1 aliphatic rings. The molecule has 3 N–H and O–H groups in total. The van der Waals surface area contributed by atoms with Gasteiger partial charge < -0.3 is 20.9 Å². The zero-order valence-electron chi connectivity index (χ0n) is 19.0. The second kappa shape index (κ2) is 8.67. The molecule has 1 atom stereocenters. The minimum Gasteiger partial charge on any atom is -0.368 e. The fourth-order valence-electron chi connectivity index (χ4n) is 4.37. The van der Waals surface area contributed by atoms with Crippen molar-refractivity contribution in [2.75, 3.05) is 43.9 Å². The Morgan fingerprint density at radius 2 is 1.73 bits per heavy atom. The predicted octanol–water partition coefficient (Wildman–Crippen LogP) is 3.61. The lowest BCUT2D eigenvalue weighted by molar-refractivity contribution is 0.0940. The highest BCUT2D eigenvalue weighted by Crippen LogP contribution is 2.27. The number of nitrogens with zero attached hydrogens (tertiary/aromatic N) is 4. The van der Waals surface area contributed by atoms with E-state index in [1.54, 1.807) is 6.07 Å². The number of hydrogen-bond acceptors (Lipinski definition) is 6. The molecule has 33 heavy (non-hydrogen) atoms. The SMILES string of the molecule is C[C@@H](NC(=O)c1ccc2c(N3CCN(C)CC3)nc(N)nc2c1)c1ccc2ccccc2c1. The third-order valence-corrected chi connectivity index (χ3v) is 6.38. The van der Waals surface area contributed by atoms with Crippen molar-refractivity contribution in [1.82, 2.24) is 20.2 Å². The Balaban J connectivity index is 1.39. The van der Waals surface area contributed by atoms with Gasteiger partial charge in [-0.1, -0.05) is 36.4 Å². The number of amides is 1. The number of fused-ring (bicyclic) bond motifs is 2. The maximum Gasteiger partial charge on any atom is 0.251 e. The van der Waals surface area contributed by atoms with Crippen molar-refractivity contribution in [2.45, 2.75) is 13.0 Å². The van der Waals surface area contributed by atoms with Crippen LogP contribution in [0, 0.1) is 0 Å². The smallest absolute Gasteiger partial charge is 0.251 e. The molecule has 0 aliphatic carbocycles. The van der Waals surface area contributed by atoms with E-state index in [-0.39, 0.29) is 17.9 Å². The number of likely N-dealkylation sites (N-methyl/N-ethyl adjacent to an activating group) is 1. The molecule has 0 bridgehead atoms. The number of carbonyl (C=O) groups is 1. The summed E-state index contributed by atoms with van der Waals surface area (Å²) in [6, 6.07) is 19.9. The Morgan fingerprint density at radius 1 is 0.970 bits per heavy atom. The molecule has 7 heteroatoms. The topological polar surface area (TPSA) is 87.4 Å². The van der Waals surface area contributed by atoms with Crippen LogP contribution in [-0.2, 0) is 0 Å². The summed E-state index contributed by atoms with van der Waals surface area (Å²) in [5, 5.41) is 6.36. The van der Waals surface area contributed by atoms with Crippen LogP contribution < -0.4 is 16.0 Å². The first-order valence-electron chi connectivity index (χ1n) is 11.3. The summed E-state index contributed by atoms with van der Waals surface area (Å²) in [5.74, 6) is 0.913. The number of rotatable bonds is 4. The molecule has 1 saturated heterocycles. The number of nitrogen functional groups attached to an aromatic ring is 1. The summed E-state index contributed by atoms with van der Waals surface area (Å²) in [6.07, 6.45) is 0. The van der Waals surface area contributed by atoms with E-state index in [1.165, 1.54) is 5.39 Å². The van der Waals surface area contributed by atoms with E-state index in [2.05, 4.69) is 62.5 Å². The van der Waals surface area contributed by atoms with Gasteiger partial charge in [0.05, 0.1) is 11.6 Å². The first-order chi connectivity index (χ1) is 16.0. The first-order valence-corrected chi connectivity index (χ1v) is 11.3. The Bertz CT molecular complexity index is 1330. The number of aromatic nitrogens is 2. The van der Waals surface area contributed by atoms with Crippen LogP contribution in [0.15, 0.2) is 60.7 Å². The highest BCUT2D eigenvalue weighted by atomic mass is 16.1. The predicted molar refractivity (Wildman–Crippen MR) is 133 cm³/mol. The van der Waals surface area contributed by atoms with Crippen molar-refractivity contribution in [2.24, 2.45) is 0 Å². The third kappa shape index (κ3) is 4.32. The molecular weight excluding hydrogens is 412 g/mol. The molecule has 5 rings (SSSR count). The highest BCUT2D eigenvalue weighted by Gasteiger charge is 2.20. The second-order valence-corrected chi connectivity index (χ2v) is 8.73. The molecule has 0 radical (unpaired) electrons. The second-order valence-electron chi connectivity index (χ2n) is 8.73. The summed E-state index contributed by atoms with van der Waals surface area (Å²) in [6.45, 7) is 5.70. The number of hydrogen-bond donors (Lipinski definition) is 2. The maximum absolute atomic E-state index is 13.0. The standard InChI is InChI=1S/C26H28N6O/c1-17(19-8-7-18-5-3-4-6-20(18)15-19)28-25(33)21-9-10-22-23(16-21)29-26(27)30-24(22)32-13-11-31(2)12-14-32/h3-10,15-17H,11-14H2,1-2H3,(H,28,33)(H2,27,29,30)/t17-/m1/s1. The number of benzene rings is 3. The van der Waals surface area contributed by atoms with Crippen LogP contribution in [-0.4, -0.2) is 54.0 Å². The molecule has 1 aliphatic heterocycles. The fraction of sp³-hybridized carbons (Fsp3) is 0.269. The van der Waals surface area contributed by atoms with E-state index in [9.17, 15) is 4.79 Å². The Labute approximate surface area is 193 Å². The van der Waals surface area contributed by atoms with Gasteiger partial charge >= 0.3 is 0 Å². The largest absolute Gasteiger partial charge is 0.368 e. The molecule has 168 valence electrons. The van der Waals surface area contributed by atoms with E-state index in [4.69, 9.17) is 5.73 Å². The molecule has 0 unspecified atom stereocenters. The average Bonchev–Trinajstić information content (AvgIpc) is 2.83. The Hall–Kier alpha value is -3.71. The molecule has 0 saturated carbocycles. The lowest BCUT2D eigenvalue weighted by Crippen LogP contribution is -2.45. The van der Waals surface area contributed by atoms with Crippen molar-refractivity contribution in [3.8, 4) is 0 Å². The summed E-state index contributed by atoms with van der Waals surface area (Å²) in [7, 11) is 2.12. The lowest BCUT2D eigenvalue weighted by atomic mass is 10.0. The summed E-state index contributed by atoms with van der Waals surface area (Å²) in [4.78, 5) is 26.5. The van der Waals surface area contributed by atoms with Crippen LogP contribution in [0.4, 0.5) is 11.8 Å². The van der Waals surface area contributed by atoms with Gasteiger partial charge in [-0.05, 0) is 54.6 Å². The molecule has 4 aromatic rings. The minimum atomic E-state index is -0.143. The van der Waals surface area contributed by atoms with Gasteiger partial charge in [0.15, 0.2) is 0 Å². The quantitative estimate of drug-likeness (QED) is 0.504. The molecule has 3 aromatic carbocycles. The molecule has 1 aromatic heterocycles. The summed E-state index contributed by atoms with van der Waals surface area (Å²) < 4.78 is 0. The Morgan fingerprint density at radius 3 is 2.52 bits per heavy atom. The molecule has 7 nitrogen and oxygen atoms in total. The van der Waals surface area contributed by atoms with Crippen LogP contribution >= 0.6 is 0 Å². The van der Waals surface area contributed by atoms with Gasteiger partial charge in [-0.3, -0.25) is 4.79 Å². The molecule has 0 spiro atoms. The van der Waals surface area contributed by atoms with Crippen molar-refractivity contribution in [3.63, 3.8) is 0 Å². The van der Waals surface area contributed by atoms with Gasteiger partial charge in [0.1, 0.15) is 5.82 Å². The normalized spacial score (nSPS) is 15.6. The van der Waals surface area contributed by atoms with Gasteiger partial charge in [-0.2, -0.15) is 4.98 Å². The summed E-state index contributed by atoms with van der Waals surface area (Å²) >= 11 is 0. The summed E-state index contributed by atoms with van der Waals surface area (Å²) in [5.41, 5.74) is 8.33. The van der Waals surface area contributed by atoms with E-state index in [1.807, 2.05) is 31.2 Å². The average molecular weight is 441 g/mol. The van der Waals surface area contributed by atoms with E-state index < -0.39 is 0 Å². The molecular formula is C26H28N6O. The van der Waals surface area contributed by atoms with Gasteiger partial charge in [-0.15, -0.1) is 0 Å². The maximum atomic E-state index is 13.0. The van der Waals surface area contributed by atoms with Gasteiger partial charge in [-0.25, -0.2) is 4.98 Å². The monoisotopic (exact) mass is 440 g/mol. The molecule has 2 heterocycles. The van der Waals surface area contributed by atoms with E-state index in [0.29, 0.717) is 11.1 Å². The number of anilines is 2. The van der Waals surface area contributed by atoms with Gasteiger partial charge in [0.2, 0.25) is 5.95 Å². The fourth-order valence-corrected chi connectivity index (χ4v) is 4.37. The van der Waals surface area contributed by atoms with Gasteiger partial charge in [0.25, 0.3) is 5.91 Å². The van der Waals surface area contributed by atoms with Crippen molar-refractivity contribution < 1.29 is 4.79 Å². The minimum absolute atomic E-state index is 0.130. The zero-order chi connectivity index (χ0) is 22.9.